The Morgan fingerprint density at radius 1 is 1.26 bits per heavy atom. The van der Waals surface area contributed by atoms with Crippen LogP contribution >= 0.6 is 0 Å². The maximum Gasteiger partial charge on any atom is 0.319 e. The first-order valence-electron chi connectivity index (χ1n) is 6.72. The highest BCUT2D eigenvalue weighted by molar-refractivity contribution is 5.74. The van der Waals surface area contributed by atoms with Crippen molar-refractivity contribution in [1.29, 1.82) is 0 Å². The average molecular weight is 272 g/mol. The third-order valence-corrected chi connectivity index (χ3v) is 2.95. The molecule has 6 nitrogen and oxygen atoms in total. The Morgan fingerprint density at radius 3 is 2.32 bits per heavy atom. The second kappa shape index (κ2) is 9.63. The maximum atomic E-state index is 12.0. The highest BCUT2D eigenvalue weighted by Crippen LogP contribution is 2.07. The molecule has 0 aromatic heterocycles. The molecule has 0 atom stereocenters. The summed E-state index contributed by atoms with van der Waals surface area (Å²) in [6, 6.07) is -0.0288. The molecule has 0 heterocycles. The number of likely N-dealkylation sites (N-methyl/N-ethyl adjacent to an activating group) is 1. The summed E-state index contributed by atoms with van der Waals surface area (Å²) in [5.74, 6) is 0. The number of hydrogen-bond acceptors (Lipinski definition) is 4. The monoisotopic (exact) mass is 272 g/mol. The molecule has 0 radical (unpaired) electrons. The fraction of sp³-hybridized carbons (Fsp3) is 0.769. The van der Waals surface area contributed by atoms with Gasteiger partial charge in [0, 0.05) is 33.4 Å². The molecule has 0 saturated heterocycles. The topological polar surface area (TPSA) is 59.1 Å². The molecule has 0 rings (SSSR count). The highest BCUT2D eigenvalue weighted by Gasteiger charge is 2.16. The number of hydrogen-bond donors (Lipinski definition) is 2. The third-order valence-electron chi connectivity index (χ3n) is 2.95. The second-order valence-electron chi connectivity index (χ2n) is 4.43. The molecule has 0 aromatic rings. The van der Waals surface area contributed by atoms with E-state index in [0.29, 0.717) is 13.1 Å². The van der Waals surface area contributed by atoms with Gasteiger partial charge < -0.3 is 14.9 Å². The van der Waals surface area contributed by atoms with Crippen LogP contribution in [0.3, 0.4) is 0 Å². The van der Waals surface area contributed by atoms with E-state index in [1.54, 1.807) is 36.0 Å². The van der Waals surface area contributed by atoms with Gasteiger partial charge in [-0.05, 0) is 13.3 Å². The van der Waals surface area contributed by atoms with E-state index in [-0.39, 0.29) is 12.8 Å². The van der Waals surface area contributed by atoms with Crippen molar-refractivity contribution in [1.82, 2.24) is 20.2 Å². The average Bonchev–Trinajstić information content (AvgIpc) is 2.43. The number of aliphatic hydroxyl groups is 1. The zero-order chi connectivity index (χ0) is 14.8. The van der Waals surface area contributed by atoms with Gasteiger partial charge in [-0.1, -0.05) is 19.4 Å². The van der Waals surface area contributed by atoms with Crippen LogP contribution in [0.25, 0.3) is 0 Å². The Balaban J connectivity index is 4.76. The lowest BCUT2D eigenvalue weighted by atomic mass is 10.2. The van der Waals surface area contributed by atoms with Gasteiger partial charge in [-0.3, -0.25) is 5.01 Å². The minimum absolute atomic E-state index is 0.0288. The van der Waals surface area contributed by atoms with Gasteiger partial charge >= 0.3 is 6.03 Å². The van der Waals surface area contributed by atoms with E-state index in [9.17, 15) is 9.90 Å². The molecule has 0 aromatic carbocycles. The van der Waals surface area contributed by atoms with Crippen molar-refractivity contribution in [2.45, 2.75) is 26.7 Å². The smallest absolute Gasteiger partial charge is 0.319 e. The number of carbonyl (C=O) groups is 1. The van der Waals surface area contributed by atoms with Crippen LogP contribution in [-0.4, -0.2) is 66.9 Å². The predicted molar refractivity (Wildman–Crippen MR) is 77.3 cm³/mol. The predicted octanol–water partition coefficient (Wildman–Crippen LogP) is 1.06. The SMILES string of the molecule is CCC/C=C(/CN(C)C(=O)N(C)CC)N(CO)NC. The van der Waals surface area contributed by atoms with E-state index < -0.39 is 0 Å². The lowest BCUT2D eigenvalue weighted by Gasteiger charge is -2.29. The van der Waals surface area contributed by atoms with Gasteiger partial charge in [0.25, 0.3) is 0 Å². The molecular weight excluding hydrogens is 244 g/mol. The lowest BCUT2D eigenvalue weighted by molar-refractivity contribution is 0.0940. The molecule has 0 spiro atoms. The molecule has 0 aliphatic rings. The molecule has 0 unspecified atom stereocenters. The van der Waals surface area contributed by atoms with Crippen LogP contribution in [0.5, 0.6) is 0 Å². The number of allylic oxidation sites excluding steroid dienone is 1. The minimum Gasteiger partial charge on any atom is -0.375 e. The van der Waals surface area contributed by atoms with E-state index in [1.807, 2.05) is 13.0 Å². The number of rotatable bonds is 8. The highest BCUT2D eigenvalue weighted by atomic mass is 16.3. The summed E-state index contributed by atoms with van der Waals surface area (Å²) >= 11 is 0. The maximum absolute atomic E-state index is 12.0. The van der Waals surface area contributed by atoms with Gasteiger partial charge in [-0.15, -0.1) is 0 Å². The van der Waals surface area contributed by atoms with E-state index in [4.69, 9.17) is 0 Å². The summed E-state index contributed by atoms with van der Waals surface area (Å²) in [5.41, 5.74) is 3.81. The molecular formula is C13H28N4O2. The summed E-state index contributed by atoms with van der Waals surface area (Å²) in [6.07, 6.45) is 3.99. The molecule has 0 aliphatic carbocycles. The van der Waals surface area contributed by atoms with Crippen molar-refractivity contribution in [3.63, 3.8) is 0 Å². The van der Waals surface area contributed by atoms with Crippen LogP contribution < -0.4 is 5.43 Å². The first-order valence-corrected chi connectivity index (χ1v) is 6.72. The third kappa shape index (κ3) is 5.94. The number of hydrazine groups is 1. The molecule has 2 amide bonds. The van der Waals surface area contributed by atoms with Crippen molar-refractivity contribution in [3.8, 4) is 0 Å². The van der Waals surface area contributed by atoms with Crippen LogP contribution in [0, 0.1) is 0 Å². The number of urea groups is 1. The normalized spacial score (nSPS) is 11.4. The Kier molecular flexibility index (Phi) is 8.99. The molecule has 112 valence electrons. The number of aliphatic hydroxyl groups excluding tert-OH is 1. The summed E-state index contributed by atoms with van der Waals surface area (Å²) < 4.78 is 0. The number of carbonyl (C=O) groups excluding carboxylic acids is 1. The fourth-order valence-electron chi connectivity index (χ4n) is 1.61. The molecule has 0 aliphatic heterocycles. The Labute approximate surface area is 116 Å². The number of amides is 2. The van der Waals surface area contributed by atoms with Crippen molar-refractivity contribution in [3.05, 3.63) is 11.8 Å². The standard InChI is InChI=1S/C13H28N4O2/c1-6-8-9-12(17(11-18)14-3)10-16(5)13(19)15(4)7-2/h9,14,18H,6-8,10-11H2,1-5H3/b12-9-. The summed E-state index contributed by atoms with van der Waals surface area (Å²) in [4.78, 5) is 15.3. The van der Waals surface area contributed by atoms with Gasteiger partial charge in [0.15, 0.2) is 0 Å². The van der Waals surface area contributed by atoms with Crippen molar-refractivity contribution < 1.29 is 9.90 Å². The first kappa shape index (κ1) is 17.7. The van der Waals surface area contributed by atoms with Crippen LogP contribution in [0.15, 0.2) is 11.8 Å². The molecule has 19 heavy (non-hydrogen) atoms. The minimum atomic E-state index is -0.127. The fourth-order valence-corrected chi connectivity index (χ4v) is 1.61. The van der Waals surface area contributed by atoms with Gasteiger partial charge in [0.1, 0.15) is 6.73 Å². The van der Waals surface area contributed by atoms with Crippen molar-refractivity contribution in [2.75, 3.05) is 41.0 Å². The largest absolute Gasteiger partial charge is 0.375 e. The lowest BCUT2D eigenvalue weighted by Crippen LogP contribution is -2.44. The summed E-state index contributed by atoms with van der Waals surface area (Å²) in [6.45, 7) is 5.04. The summed E-state index contributed by atoms with van der Waals surface area (Å²) in [5, 5.41) is 10.9. The molecule has 0 saturated carbocycles. The summed E-state index contributed by atoms with van der Waals surface area (Å²) in [7, 11) is 5.28. The van der Waals surface area contributed by atoms with E-state index >= 15 is 0 Å². The Bertz CT molecular complexity index is 290. The van der Waals surface area contributed by atoms with Crippen molar-refractivity contribution >= 4 is 6.03 Å². The van der Waals surface area contributed by atoms with E-state index in [0.717, 1.165) is 18.5 Å². The molecule has 2 N–H and O–H groups in total. The number of nitrogens with zero attached hydrogens (tertiary/aromatic N) is 3. The number of unbranched alkanes of at least 4 members (excludes halogenated alkanes) is 1. The molecule has 0 bridgehead atoms. The van der Waals surface area contributed by atoms with Gasteiger partial charge in [0.2, 0.25) is 0 Å². The Hall–Kier alpha value is -1.27. The van der Waals surface area contributed by atoms with Gasteiger partial charge in [-0.25, -0.2) is 10.2 Å². The quantitative estimate of drug-likeness (QED) is 0.512. The zero-order valence-electron chi connectivity index (χ0n) is 12.8. The van der Waals surface area contributed by atoms with Crippen molar-refractivity contribution in [2.24, 2.45) is 0 Å². The Morgan fingerprint density at radius 2 is 1.89 bits per heavy atom. The molecule has 0 fully saturated rings. The van der Waals surface area contributed by atoms with Crippen LogP contribution in [-0.2, 0) is 0 Å². The van der Waals surface area contributed by atoms with Crippen LogP contribution in [0.1, 0.15) is 26.7 Å². The zero-order valence-corrected chi connectivity index (χ0v) is 12.8. The van der Waals surface area contributed by atoms with E-state index in [2.05, 4.69) is 12.3 Å². The number of nitrogens with one attached hydrogen (secondary N) is 1. The van der Waals surface area contributed by atoms with Crippen LogP contribution in [0.2, 0.25) is 0 Å². The second-order valence-corrected chi connectivity index (χ2v) is 4.43. The van der Waals surface area contributed by atoms with Gasteiger partial charge in [0.05, 0.1) is 6.54 Å². The first-order chi connectivity index (χ1) is 9.01. The molecule has 6 heteroatoms. The van der Waals surface area contributed by atoms with Gasteiger partial charge in [-0.2, -0.15) is 0 Å². The van der Waals surface area contributed by atoms with E-state index in [1.165, 1.54) is 0 Å². The van der Waals surface area contributed by atoms with Crippen LogP contribution in [0.4, 0.5) is 4.79 Å².